The fourth-order valence-electron chi connectivity index (χ4n) is 12.7. The average Bonchev–Trinajstić information content (AvgIpc) is 4.07. The van der Waals surface area contributed by atoms with Crippen molar-refractivity contribution in [1.82, 2.24) is 0 Å². The van der Waals surface area contributed by atoms with Gasteiger partial charge in [0.05, 0.1) is 5.41 Å². The van der Waals surface area contributed by atoms with E-state index < -0.39 is 5.41 Å². The third-order valence-electron chi connectivity index (χ3n) is 15.6. The molecule has 1 spiro atoms. The Morgan fingerprint density at radius 1 is 0.439 bits per heavy atom. The van der Waals surface area contributed by atoms with E-state index in [2.05, 4.69) is 243 Å². The minimum Gasteiger partial charge on any atom is -0.455 e. The van der Waals surface area contributed by atoms with E-state index in [1.165, 1.54) is 83.3 Å². The smallest absolute Gasteiger partial charge is 0.143 e. The molecule has 312 valence electrons. The highest BCUT2D eigenvalue weighted by Crippen LogP contribution is 2.68. The van der Waals surface area contributed by atoms with Gasteiger partial charge in [-0.3, -0.25) is 0 Å². The van der Waals surface area contributed by atoms with Crippen LogP contribution in [-0.2, 0) is 10.8 Å². The molecule has 0 amide bonds. The molecule has 4 aliphatic rings. The van der Waals surface area contributed by atoms with E-state index in [9.17, 15) is 0 Å². The zero-order chi connectivity index (χ0) is 43.7. The molecule has 9 aromatic carbocycles. The molecular formula is C64H45NO. The van der Waals surface area contributed by atoms with Gasteiger partial charge in [0.15, 0.2) is 0 Å². The second-order valence-corrected chi connectivity index (χ2v) is 19.1. The Bertz CT molecular complexity index is 3680. The van der Waals surface area contributed by atoms with Gasteiger partial charge < -0.3 is 9.32 Å². The summed E-state index contributed by atoms with van der Waals surface area (Å²) >= 11 is 0. The zero-order valence-electron chi connectivity index (χ0n) is 36.9. The van der Waals surface area contributed by atoms with Gasteiger partial charge in [0.25, 0.3) is 0 Å². The maximum Gasteiger partial charge on any atom is 0.143 e. The third-order valence-corrected chi connectivity index (χ3v) is 15.6. The van der Waals surface area contributed by atoms with Gasteiger partial charge in [-0.25, -0.2) is 0 Å². The van der Waals surface area contributed by atoms with Gasteiger partial charge in [-0.1, -0.05) is 196 Å². The number of rotatable bonds is 5. The van der Waals surface area contributed by atoms with Crippen molar-refractivity contribution in [3.63, 3.8) is 0 Å². The molecule has 3 unspecified atom stereocenters. The molecular weight excluding hydrogens is 799 g/mol. The summed E-state index contributed by atoms with van der Waals surface area (Å²) < 4.78 is 6.85. The van der Waals surface area contributed by atoms with E-state index in [4.69, 9.17) is 4.42 Å². The summed E-state index contributed by atoms with van der Waals surface area (Å²) in [5, 5.41) is 2.33. The first kappa shape index (κ1) is 37.4. The maximum atomic E-state index is 6.85. The third kappa shape index (κ3) is 5.02. The molecule has 1 aromatic heterocycles. The van der Waals surface area contributed by atoms with Gasteiger partial charge in [0.1, 0.15) is 11.2 Å². The number of anilines is 3. The summed E-state index contributed by atoms with van der Waals surface area (Å²) in [4.78, 5) is 2.43. The Morgan fingerprint density at radius 3 is 1.89 bits per heavy atom. The molecule has 14 rings (SSSR count). The van der Waals surface area contributed by atoms with E-state index in [0.717, 1.165) is 33.6 Å². The molecule has 0 N–H and O–H groups in total. The number of hydrogen-bond donors (Lipinski definition) is 0. The van der Waals surface area contributed by atoms with Crippen LogP contribution in [0.4, 0.5) is 17.1 Å². The SMILES string of the molecule is CC1(C)c2ccccc2-c2ccc(N(c3ccc(-c4ccccc4)cc3)c3ccc(-c4cccc5c4C4(c6ccccc6-c6c4ccc4c6oc6ccccc64)C4C=CC=CC54)cc3)cc21. The van der Waals surface area contributed by atoms with Crippen LogP contribution in [-0.4, -0.2) is 0 Å². The lowest BCUT2D eigenvalue weighted by Crippen LogP contribution is -2.33. The van der Waals surface area contributed by atoms with Crippen LogP contribution >= 0.6 is 0 Å². The van der Waals surface area contributed by atoms with E-state index in [1.54, 1.807) is 0 Å². The van der Waals surface area contributed by atoms with Crippen molar-refractivity contribution in [1.29, 1.82) is 0 Å². The molecule has 66 heavy (non-hydrogen) atoms. The van der Waals surface area contributed by atoms with E-state index in [-0.39, 0.29) is 17.3 Å². The first-order valence-corrected chi connectivity index (χ1v) is 23.3. The molecule has 0 saturated carbocycles. The standard InChI is InChI=1S/C64H45NO/c1-63(2)54-23-10-6-17-47(54)49-36-35-45(39-58(49)63)65(43-31-27-41(28-32-43)40-15-4-3-5-16-40)44-33-29-42(30-34-44)46-21-14-22-51-48-18-7-11-24-55(48)64(61(46)51)56-25-12-8-20-53(56)60-57(64)38-37-52-50-19-9-13-26-59(50)66-62(52)60/h3-39,48,55H,1-2H3. The van der Waals surface area contributed by atoms with E-state index >= 15 is 0 Å². The highest BCUT2D eigenvalue weighted by atomic mass is 16.3. The molecule has 0 saturated heterocycles. The van der Waals surface area contributed by atoms with Crippen molar-refractivity contribution in [2.24, 2.45) is 5.92 Å². The molecule has 1 heterocycles. The highest BCUT2D eigenvalue weighted by molar-refractivity contribution is 6.12. The summed E-state index contributed by atoms with van der Waals surface area (Å²) in [6.45, 7) is 4.73. The number of furan rings is 1. The monoisotopic (exact) mass is 843 g/mol. The van der Waals surface area contributed by atoms with Gasteiger partial charge in [0, 0.05) is 50.6 Å². The van der Waals surface area contributed by atoms with Crippen LogP contribution in [0.2, 0.25) is 0 Å². The number of hydrogen-bond acceptors (Lipinski definition) is 2. The summed E-state index contributed by atoms with van der Waals surface area (Å²) in [6, 6.07) is 74.4. The molecule has 2 heteroatoms. The van der Waals surface area contributed by atoms with Crippen molar-refractivity contribution < 1.29 is 4.42 Å². The molecule has 4 aliphatic carbocycles. The molecule has 10 aromatic rings. The zero-order valence-corrected chi connectivity index (χ0v) is 36.9. The van der Waals surface area contributed by atoms with Crippen molar-refractivity contribution >= 4 is 39.0 Å². The van der Waals surface area contributed by atoms with Crippen molar-refractivity contribution in [2.75, 3.05) is 4.90 Å². The lowest BCUT2D eigenvalue weighted by molar-refractivity contribution is 0.466. The minimum atomic E-state index is -0.420. The van der Waals surface area contributed by atoms with Crippen LogP contribution in [0.1, 0.15) is 53.1 Å². The number of para-hydroxylation sites is 1. The molecule has 0 aliphatic heterocycles. The first-order chi connectivity index (χ1) is 32.5. The van der Waals surface area contributed by atoms with Crippen LogP contribution < -0.4 is 4.90 Å². The van der Waals surface area contributed by atoms with Crippen LogP contribution in [0.15, 0.2) is 229 Å². The summed E-state index contributed by atoms with van der Waals surface area (Å²) in [5.74, 6) is 0.436. The number of allylic oxidation sites excluding steroid dienone is 4. The average molecular weight is 844 g/mol. The Labute approximate surface area is 385 Å². The number of nitrogens with zero attached hydrogens (tertiary/aromatic N) is 1. The minimum absolute atomic E-state index is 0.118. The summed E-state index contributed by atoms with van der Waals surface area (Å²) in [6.07, 6.45) is 9.42. The predicted octanol–water partition coefficient (Wildman–Crippen LogP) is 16.9. The van der Waals surface area contributed by atoms with E-state index in [0.29, 0.717) is 0 Å². The van der Waals surface area contributed by atoms with Gasteiger partial charge in [-0.15, -0.1) is 0 Å². The largest absolute Gasteiger partial charge is 0.455 e. The summed E-state index contributed by atoms with van der Waals surface area (Å²) in [7, 11) is 0. The Kier molecular flexibility index (Phi) is 7.82. The molecule has 3 atom stereocenters. The Balaban J connectivity index is 0.944. The number of benzene rings is 9. The fraction of sp³-hybridized carbons (Fsp3) is 0.0938. The summed E-state index contributed by atoms with van der Waals surface area (Å²) in [5.41, 5.74) is 23.0. The van der Waals surface area contributed by atoms with E-state index in [1.807, 2.05) is 0 Å². The van der Waals surface area contributed by atoms with Crippen molar-refractivity contribution in [3.8, 4) is 44.5 Å². The highest BCUT2D eigenvalue weighted by Gasteiger charge is 2.58. The van der Waals surface area contributed by atoms with Gasteiger partial charge in [-0.2, -0.15) is 0 Å². The Hall–Kier alpha value is -7.94. The van der Waals surface area contributed by atoms with Gasteiger partial charge >= 0.3 is 0 Å². The lowest BCUT2D eigenvalue weighted by Gasteiger charge is -2.37. The van der Waals surface area contributed by atoms with Crippen LogP contribution in [0.5, 0.6) is 0 Å². The van der Waals surface area contributed by atoms with Crippen LogP contribution in [0.3, 0.4) is 0 Å². The quantitative estimate of drug-likeness (QED) is 0.172. The predicted molar refractivity (Wildman–Crippen MR) is 273 cm³/mol. The second-order valence-electron chi connectivity index (χ2n) is 19.1. The fourth-order valence-corrected chi connectivity index (χ4v) is 12.7. The molecule has 0 bridgehead atoms. The van der Waals surface area contributed by atoms with Crippen molar-refractivity contribution in [3.05, 3.63) is 258 Å². The Morgan fingerprint density at radius 2 is 1.08 bits per heavy atom. The topological polar surface area (TPSA) is 16.4 Å². The van der Waals surface area contributed by atoms with Crippen LogP contribution in [0, 0.1) is 5.92 Å². The first-order valence-electron chi connectivity index (χ1n) is 23.3. The lowest BCUT2D eigenvalue weighted by atomic mass is 9.64. The van der Waals surface area contributed by atoms with Crippen molar-refractivity contribution in [2.45, 2.75) is 30.6 Å². The van der Waals surface area contributed by atoms with Crippen LogP contribution in [0.25, 0.3) is 66.4 Å². The molecule has 0 fully saturated rings. The number of fused-ring (bicyclic) bond motifs is 17. The van der Waals surface area contributed by atoms with Gasteiger partial charge in [-0.05, 0) is 115 Å². The molecule has 0 radical (unpaired) electrons. The maximum absolute atomic E-state index is 6.85. The second kappa shape index (κ2) is 13.8. The normalized spacial score (nSPS) is 18.8. The molecule has 2 nitrogen and oxygen atoms in total. The van der Waals surface area contributed by atoms with Gasteiger partial charge in [0.2, 0.25) is 0 Å².